The molecule has 0 N–H and O–H groups in total. The van der Waals surface area contributed by atoms with E-state index in [-0.39, 0.29) is 0 Å². The minimum Gasteiger partial charge on any atom is -0.297 e. The summed E-state index contributed by atoms with van der Waals surface area (Å²) < 4.78 is 0. The lowest BCUT2D eigenvalue weighted by Gasteiger charge is -2.26. The third-order valence-corrected chi connectivity index (χ3v) is 3.26. The van der Waals surface area contributed by atoms with Crippen molar-refractivity contribution in [3.63, 3.8) is 0 Å². The SMILES string of the molecule is Clc1ccc(Cl)c(CN2CCCCC2)n1. The summed E-state index contributed by atoms with van der Waals surface area (Å²) in [4.78, 5) is 6.64. The van der Waals surface area contributed by atoms with Crippen molar-refractivity contribution in [2.24, 2.45) is 0 Å². The highest BCUT2D eigenvalue weighted by atomic mass is 35.5. The Labute approximate surface area is 100 Å². The molecule has 1 aromatic rings. The Bertz CT molecular complexity index is 335. The lowest BCUT2D eigenvalue weighted by molar-refractivity contribution is 0.218. The van der Waals surface area contributed by atoms with Gasteiger partial charge in [-0.2, -0.15) is 0 Å². The molecule has 82 valence electrons. The molecule has 15 heavy (non-hydrogen) atoms. The Hall–Kier alpha value is -0.310. The molecule has 2 heterocycles. The number of pyridine rings is 1. The minimum atomic E-state index is 0.520. The highest BCUT2D eigenvalue weighted by Crippen LogP contribution is 2.20. The van der Waals surface area contributed by atoms with Crippen LogP contribution >= 0.6 is 23.2 Å². The summed E-state index contributed by atoms with van der Waals surface area (Å²) in [7, 11) is 0. The smallest absolute Gasteiger partial charge is 0.129 e. The van der Waals surface area contributed by atoms with Gasteiger partial charge in [0, 0.05) is 6.54 Å². The monoisotopic (exact) mass is 244 g/mol. The molecule has 2 rings (SSSR count). The van der Waals surface area contributed by atoms with Gasteiger partial charge in [-0.05, 0) is 38.1 Å². The predicted octanol–water partition coefficient (Wildman–Crippen LogP) is 3.37. The molecule has 0 saturated carbocycles. The zero-order valence-corrected chi connectivity index (χ0v) is 10.1. The molecular weight excluding hydrogens is 231 g/mol. The average Bonchev–Trinajstić information content (AvgIpc) is 2.25. The number of hydrogen-bond donors (Lipinski definition) is 0. The molecule has 0 amide bonds. The Morgan fingerprint density at radius 2 is 1.87 bits per heavy atom. The van der Waals surface area contributed by atoms with E-state index in [1.165, 1.54) is 19.3 Å². The van der Waals surface area contributed by atoms with E-state index in [2.05, 4.69) is 9.88 Å². The predicted molar refractivity (Wildman–Crippen MR) is 63.4 cm³/mol. The van der Waals surface area contributed by atoms with Crippen molar-refractivity contribution in [1.29, 1.82) is 0 Å². The maximum atomic E-state index is 6.07. The van der Waals surface area contributed by atoms with Gasteiger partial charge in [-0.3, -0.25) is 4.90 Å². The van der Waals surface area contributed by atoms with Crippen LogP contribution in [0.3, 0.4) is 0 Å². The van der Waals surface area contributed by atoms with Gasteiger partial charge >= 0.3 is 0 Å². The van der Waals surface area contributed by atoms with Gasteiger partial charge in [-0.15, -0.1) is 0 Å². The van der Waals surface area contributed by atoms with E-state index in [1.54, 1.807) is 6.07 Å². The summed E-state index contributed by atoms with van der Waals surface area (Å²) in [6.45, 7) is 3.11. The quantitative estimate of drug-likeness (QED) is 0.742. The van der Waals surface area contributed by atoms with Crippen LogP contribution in [0.1, 0.15) is 25.0 Å². The average molecular weight is 245 g/mol. The molecule has 2 nitrogen and oxygen atoms in total. The second-order valence-electron chi connectivity index (χ2n) is 3.90. The van der Waals surface area contributed by atoms with Crippen LogP contribution in [-0.2, 0) is 6.54 Å². The molecule has 4 heteroatoms. The van der Waals surface area contributed by atoms with Crippen LogP contribution < -0.4 is 0 Å². The molecule has 0 aromatic carbocycles. The third-order valence-electron chi connectivity index (χ3n) is 2.71. The molecule has 0 atom stereocenters. The van der Waals surface area contributed by atoms with Crippen molar-refractivity contribution in [1.82, 2.24) is 9.88 Å². The van der Waals surface area contributed by atoms with Crippen LogP contribution in [0, 0.1) is 0 Å². The van der Waals surface area contributed by atoms with Crippen LogP contribution in [0.4, 0.5) is 0 Å². The van der Waals surface area contributed by atoms with Crippen molar-refractivity contribution in [2.75, 3.05) is 13.1 Å². The molecule has 0 aliphatic carbocycles. The first-order valence-electron chi connectivity index (χ1n) is 5.29. The summed E-state index contributed by atoms with van der Waals surface area (Å²) in [5, 5.41) is 1.23. The van der Waals surface area contributed by atoms with E-state index in [0.29, 0.717) is 10.2 Å². The highest BCUT2D eigenvalue weighted by molar-refractivity contribution is 6.32. The fourth-order valence-corrected chi connectivity index (χ4v) is 2.23. The molecule has 0 radical (unpaired) electrons. The van der Waals surface area contributed by atoms with Crippen molar-refractivity contribution in [2.45, 2.75) is 25.8 Å². The third kappa shape index (κ3) is 3.07. The van der Waals surface area contributed by atoms with Gasteiger partial charge < -0.3 is 0 Å². The molecule has 1 aliphatic heterocycles. The normalized spacial score (nSPS) is 18.0. The van der Waals surface area contributed by atoms with E-state index >= 15 is 0 Å². The van der Waals surface area contributed by atoms with Crippen LogP contribution in [-0.4, -0.2) is 23.0 Å². The molecule has 0 bridgehead atoms. The number of halogens is 2. The number of hydrogen-bond acceptors (Lipinski definition) is 2. The lowest BCUT2D eigenvalue weighted by atomic mass is 10.1. The van der Waals surface area contributed by atoms with Crippen LogP contribution in [0.15, 0.2) is 12.1 Å². The largest absolute Gasteiger partial charge is 0.297 e. The zero-order chi connectivity index (χ0) is 10.7. The van der Waals surface area contributed by atoms with Gasteiger partial charge in [0.05, 0.1) is 10.7 Å². The van der Waals surface area contributed by atoms with Crippen molar-refractivity contribution in [3.8, 4) is 0 Å². The van der Waals surface area contributed by atoms with Gasteiger partial charge in [0.15, 0.2) is 0 Å². The molecule has 1 saturated heterocycles. The van der Waals surface area contributed by atoms with Crippen molar-refractivity contribution >= 4 is 23.2 Å². The van der Waals surface area contributed by atoms with E-state index in [1.807, 2.05) is 6.07 Å². The van der Waals surface area contributed by atoms with Crippen molar-refractivity contribution < 1.29 is 0 Å². The number of rotatable bonds is 2. The van der Waals surface area contributed by atoms with Gasteiger partial charge in [0.1, 0.15) is 5.15 Å². The topological polar surface area (TPSA) is 16.1 Å². The molecule has 1 aliphatic rings. The Morgan fingerprint density at radius 1 is 1.13 bits per heavy atom. The summed E-state index contributed by atoms with van der Waals surface area (Å²) >= 11 is 11.9. The Balaban J connectivity index is 2.05. The van der Waals surface area contributed by atoms with E-state index in [0.717, 1.165) is 25.3 Å². The highest BCUT2D eigenvalue weighted by Gasteiger charge is 2.13. The van der Waals surface area contributed by atoms with Crippen LogP contribution in [0.5, 0.6) is 0 Å². The molecule has 0 unspecified atom stereocenters. The standard InChI is InChI=1S/C11H14Cl2N2/c12-9-4-5-11(13)14-10(9)8-15-6-2-1-3-7-15/h4-5H,1-3,6-8H2. The van der Waals surface area contributed by atoms with E-state index in [9.17, 15) is 0 Å². The number of likely N-dealkylation sites (tertiary alicyclic amines) is 1. The summed E-state index contributed by atoms with van der Waals surface area (Å²) in [5.74, 6) is 0. The molecule has 1 fully saturated rings. The second-order valence-corrected chi connectivity index (χ2v) is 4.69. The maximum absolute atomic E-state index is 6.07. The molecular formula is C11H14Cl2N2. The summed E-state index contributed by atoms with van der Waals surface area (Å²) in [5.41, 5.74) is 0.895. The molecule has 0 spiro atoms. The zero-order valence-electron chi connectivity index (χ0n) is 8.55. The van der Waals surface area contributed by atoms with Gasteiger partial charge in [-0.1, -0.05) is 29.6 Å². The van der Waals surface area contributed by atoms with Crippen molar-refractivity contribution in [3.05, 3.63) is 28.0 Å². The first kappa shape index (κ1) is 11.2. The maximum Gasteiger partial charge on any atom is 0.129 e. The van der Waals surface area contributed by atoms with Gasteiger partial charge in [0.2, 0.25) is 0 Å². The lowest BCUT2D eigenvalue weighted by Crippen LogP contribution is -2.29. The van der Waals surface area contributed by atoms with Gasteiger partial charge in [-0.25, -0.2) is 4.98 Å². The Morgan fingerprint density at radius 3 is 2.60 bits per heavy atom. The fourth-order valence-electron chi connectivity index (χ4n) is 1.90. The van der Waals surface area contributed by atoms with E-state index < -0.39 is 0 Å². The fraction of sp³-hybridized carbons (Fsp3) is 0.545. The molecule has 1 aromatic heterocycles. The first-order valence-corrected chi connectivity index (χ1v) is 6.04. The number of piperidine rings is 1. The van der Waals surface area contributed by atoms with E-state index in [4.69, 9.17) is 23.2 Å². The Kier molecular flexibility index (Phi) is 3.84. The van der Waals surface area contributed by atoms with Crippen LogP contribution in [0.25, 0.3) is 0 Å². The van der Waals surface area contributed by atoms with Crippen LogP contribution in [0.2, 0.25) is 10.2 Å². The summed E-state index contributed by atoms with van der Waals surface area (Å²) in [6, 6.07) is 3.54. The van der Waals surface area contributed by atoms with Gasteiger partial charge in [0.25, 0.3) is 0 Å². The minimum absolute atomic E-state index is 0.520. The number of nitrogens with zero attached hydrogens (tertiary/aromatic N) is 2. The summed E-state index contributed by atoms with van der Waals surface area (Å²) in [6.07, 6.45) is 3.89. The number of aromatic nitrogens is 1. The second kappa shape index (κ2) is 5.15. The first-order chi connectivity index (χ1) is 7.25.